The van der Waals surface area contributed by atoms with Crippen LogP contribution in [0.4, 0.5) is 0 Å². The van der Waals surface area contributed by atoms with Crippen molar-refractivity contribution in [2.75, 3.05) is 45.8 Å². The van der Waals surface area contributed by atoms with Crippen molar-refractivity contribution in [1.29, 1.82) is 0 Å². The first kappa shape index (κ1) is 15.7. The topological polar surface area (TPSA) is 55.9 Å². The Morgan fingerprint density at radius 1 is 0.955 bits per heavy atom. The summed E-state index contributed by atoms with van der Waals surface area (Å²) in [7, 11) is 0. The number of carbonyl (C=O) groups excluding carboxylic acids is 2. The summed E-state index contributed by atoms with van der Waals surface area (Å²) < 4.78 is 0. The smallest absolute Gasteiger partial charge is 0.239 e. The van der Waals surface area contributed by atoms with Gasteiger partial charge in [-0.3, -0.25) is 14.5 Å². The van der Waals surface area contributed by atoms with Gasteiger partial charge in [0.15, 0.2) is 0 Å². The first-order valence-electron chi connectivity index (χ1n) is 8.72. The molecule has 0 aromatic heterocycles. The molecule has 3 rings (SSSR count). The van der Waals surface area contributed by atoms with E-state index in [4.69, 9.17) is 0 Å². The van der Waals surface area contributed by atoms with Crippen LogP contribution in [0.25, 0.3) is 0 Å². The minimum absolute atomic E-state index is 0.0233. The third kappa shape index (κ3) is 3.27. The maximum absolute atomic E-state index is 12.5. The van der Waals surface area contributed by atoms with Crippen LogP contribution in [-0.2, 0) is 9.59 Å². The molecule has 3 fully saturated rings. The summed E-state index contributed by atoms with van der Waals surface area (Å²) in [6, 6.07) is -0.0323. The third-order valence-electron chi connectivity index (χ3n) is 5.31. The minimum atomic E-state index is -0.0556. The molecule has 2 atom stereocenters. The molecule has 22 heavy (non-hydrogen) atoms. The van der Waals surface area contributed by atoms with Crippen LogP contribution in [0.2, 0.25) is 0 Å². The Kier molecular flexibility index (Phi) is 4.98. The van der Waals surface area contributed by atoms with E-state index in [9.17, 15) is 9.59 Å². The van der Waals surface area contributed by atoms with Gasteiger partial charge in [-0.05, 0) is 39.2 Å². The maximum Gasteiger partial charge on any atom is 0.239 e. The Morgan fingerprint density at radius 3 is 2.23 bits per heavy atom. The number of amides is 2. The van der Waals surface area contributed by atoms with Gasteiger partial charge in [0.25, 0.3) is 0 Å². The van der Waals surface area contributed by atoms with Crippen LogP contribution < -0.4 is 5.32 Å². The number of nitrogens with one attached hydrogen (secondary N) is 1. The Hall–Kier alpha value is -1.14. The van der Waals surface area contributed by atoms with Gasteiger partial charge >= 0.3 is 0 Å². The van der Waals surface area contributed by atoms with Crippen LogP contribution in [0, 0.1) is 0 Å². The monoisotopic (exact) mass is 308 g/mol. The largest absolute Gasteiger partial charge is 0.341 e. The van der Waals surface area contributed by atoms with Crippen molar-refractivity contribution in [3.05, 3.63) is 0 Å². The highest BCUT2D eigenvalue weighted by molar-refractivity contribution is 5.83. The second-order valence-corrected chi connectivity index (χ2v) is 6.72. The third-order valence-corrected chi connectivity index (χ3v) is 5.31. The van der Waals surface area contributed by atoms with E-state index in [1.165, 1.54) is 0 Å². The van der Waals surface area contributed by atoms with Gasteiger partial charge in [-0.1, -0.05) is 0 Å². The lowest BCUT2D eigenvalue weighted by Crippen LogP contribution is -2.57. The van der Waals surface area contributed by atoms with E-state index in [1.807, 2.05) is 16.7 Å². The summed E-state index contributed by atoms with van der Waals surface area (Å²) in [5.74, 6) is 0.505. The van der Waals surface area contributed by atoms with Crippen LogP contribution in [0.5, 0.6) is 0 Å². The van der Waals surface area contributed by atoms with E-state index in [0.717, 1.165) is 71.5 Å². The van der Waals surface area contributed by atoms with E-state index in [1.54, 1.807) is 0 Å². The fourth-order valence-electron chi connectivity index (χ4n) is 3.80. The average Bonchev–Trinajstić information content (AvgIpc) is 3.26. The van der Waals surface area contributed by atoms with E-state index in [0.29, 0.717) is 0 Å². The Morgan fingerprint density at radius 2 is 1.64 bits per heavy atom. The standard InChI is InChI=1S/C16H28N4O2/c1-13(15(21)19-7-2-3-8-19)18-9-11-20(12-10-18)16(22)14-5-4-6-17-14/h13-14,17H,2-12H2,1H3/t13?,14-/m0/s1. The number of carbonyl (C=O) groups is 2. The zero-order chi connectivity index (χ0) is 15.5. The van der Waals surface area contributed by atoms with Crippen LogP contribution in [0.3, 0.4) is 0 Å². The van der Waals surface area contributed by atoms with Crippen LogP contribution in [0.15, 0.2) is 0 Å². The lowest BCUT2D eigenvalue weighted by atomic mass is 10.1. The van der Waals surface area contributed by atoms with Gasteiger partial charge in [0, 0.05) is 39.3 Å². The average molecular weight is 308 g/mol. The van der Waals surface area contributed by atoms with Crippen molar-refractivity contribution in [1.82, 2.24) is 20.0 Å². The predicted molar refractivity (Wildman–Crippen MR) is 84.5 cm³/mol. The molecule has 0 bridgehead atoms. The summed E-state index contributed by atoms with van der Waals surface area (Å²) in [5.41, 5.74) is 0. The second kappa shape index (κ2) is 6.96. The Balaban J connectivity index is 1.48. The van der Waals surface area contributed by atoms with Gasteiger partial charge in [0.1, 0.15) is 0 Å². The van der Waals surface area contributed by atoms with Gasteiger partial charge in [0.2, 0.25) is 11.8 Å². The fraction of sp³-hybridized carbons (Fsp3) is 0.875. The molecule has 0 spiro atoms. The van der Waals surface area contributed by atoms with Crippen molar-refractivity contribution in [3.8, 4) is 0 Å². The van der Waals surface area contributed by atoms with E-state index in [2.05, 4.69) is 10.2 Å². The van der Waals surface area contributed by atoms with Crippen molar-refractivity contribution >= 4 is 11.8 Å². The lowest BCUT2D eigenvalue weighted by molar-refractivity contribution is -0.138. The van der Waals surface area contributed by atoms with Crippen molar-refractivity contribution < 1.29 is 9.59 Å². The molecular weight excluding hydrogens is 280 g/mol. The highest BCUT2D eigenvalue weighted by atomic mass is 16.2. The molecule has 1 unspecified atom stereocenters. The van der Waals surface area contributed by atoms with Gasteiger partial charge in [-0.15, -0.1) is 0 Å². The molecule has 0 aliphatic carbocycles. The summed E-state index contributed by atoms with van der Waals surface area (Å²) in [6.45, 7) is 7.89. The molecular formula is C16H28N4O2. The zero-order valence-electron chi connectivity index (χ0n) is 13.6. The molecule has 0 aromatic rings. The van der Waals surface area contributed by atoms with Crippen molar-refractivity contribution in [2.45, 2.75) is 44.7 Å². The van der Waals surface area contributed by atoms with Crippen molar-refractivity contribution in [2.24, 2.45) is 0 Å². The fourth-order valence-corrected chi connectivity index (χ4v) is 3.80. The van der Waals surface area contributed by atoms with Crippen LogP contribution >= 0.6 is 0 Å². The molecule has 3 heterocycles. The molecule has 0 saturated carbocycles. The molecule has 3 aliphatic rings. The molecule has 124 valence electrons. The number of rotatable bonds is 3. The molecule has 2 amide bonds. The highest BCUT2D eigenvalue weighted by Crippen LogP contribution is 2.15. The number of hydrogen-bond donors (Lipinski definition) is 1. The first-order valence-corrected chi connectivity index (χ1v) is 8.72. The molecule has 0 radical (unpaired) electrons. The SMILES string of the molecule is CC(C(=O)N1CCCC1)N1CCN(C(=O)[C@@H]2CCCN2)CC1. The molecule has 3 aliphatic heterocycles. The van der Waals surface area contributed by atoms with E-state index in [-0.39, 0.29) is 23.9 Å². The van der Waals surface area contributed by atoms with Gasteiger partial charge in [0.05, 0.1) is 12.1 Å². The van der Waals surface area contributed by atoms with Crippen LogP contribution in [-0.4, -0.2) is 84.4 Å². The summed E-state index contributed by atoms with van der Waals surface area (Å²) >= 11 is 0. The van der Waals surface area contributed by atoms with Crippen LogP contribution in [0.1, 0.15) is 32.6 Å². The van der Waals surface area contributed by atoms with E-state index >= 15 is 0 Å². The number of hydrogen-bond acceptors (Lipinski definition) is 4. The molecule has 0 aromatic carbocycles. The summed E-state index contributed by atoms with van der Waals surface area (Å²) in [4.78, 5) is 31.0. The second-order valence-electron chi connectivity index (χ2n) is 6.72. The number of nitrogens with zero attached hydrogens (tertiary/aromatic N) is 3. The highest BCUT2D eigenvalue weighted by Gasteiger charge is 2.33. The normalized spacial score (nSPS) is 28.1. The van der Waals surface area contributed by atoms with Gasteiger partial charge in [-0.25, -0.2) is 0 Å². The predicted octanol–water partition coefficient (Wildman–Crippen LogP) is -0.106. The lowest BCUT2D eigenvalue weighted by Gasteiger charge is -2.39. The molecule has 6 nitrogen and oxygen atoms in total. The Labute approximate surface area is 132 Å². The summed E-state index contributed by atoms with van der Waals surface area (Å²) in [5, 5.41) is 3.28. The van der Waals surface area contributed by atoms with Gasteiger partial charge in [-0.2, -0.15) is 0 Å². The van der Waals surface area contributed by atoms with Crippen molar-refractivity contribution in [3.63, 3.8) is 0 Å². The molecule has 1 N–H and O–H groups in total. The number of piperazine rings is 1. The number of likely N-dealkylation sites (tertiary alicyclic amines) is 1. The zero-order valence-corrected chi connectivity index (χ0v) is 13.6. The summed E-state index contributed by atoms with van der Waals surface area (Å²) in [6.07, 6.45) is 4.32. The Bertz CT molecular complexity index is 408. The molecule has 3 saturated heterocycles. The molecule has 6 heteroatoms. The van der Waals surface area contributed by atoms with E-state index < -0.39 is 0 Å². The minimum Gasteiger partial charge on any atom is -0.341 e. The quantitative estimate of drug-likeness (QED) is 0.791. The first-order chi connectivity index (χ1) is 10.7. The maximum atomic E-state index is 12.5. The van der Waals surface area contributed by atoms with Gasteiger partial charge < -0.3 is 15.1 Å².